The number of carboxylic acids is 1. The fourth-order valence-corrected chi connectivity index (χ4v) is 3.02. The zero-order valence-electron chi connectivity index (χ0n) is 12.6. The van der Waals surface area contributed by atoms with Crippen LogP contribution in [0.2, 0.25) is 0 Å². The van der Waals surface area contributed by atoms with E-state index < -0.39 is 5.97 Å². The fourth-order valence-electron chi connectivity index (χ4n) is 3.02. The van der Waals surface area contributed by atoms with Gasteiger partial charge in [-0.25, -0.2) is 9.78 Å². The largest absolute Gasteiger partial charge is 0.478 e. The standard InChI is InChI=1S/C17H19N3O2/c1-20-7-6-12(11-20)8-13-9-18-10-16(19-13)14-4-2-3-5-15(14)17(21)22/h2-5,9-10,12H,6-8,11H2,1H3,(H,21,22)/t12-/m1/s1. The summed E-state index contributed by atoms with van der Waals surface area (Å²) < 4.78 is 0. The summed E-state index contributed by atoms with van der Waals surface area (Å²) in [5.41, 5.74) is 2.43. The lowest BCUT2D eigenvalue weighted by molar-refractivity contribution is 0.0697. The van der Waals surface area contributed by atoms with Gasteiger partial charge >= 0.3 is 5.97 Å². The van der Waals surface area contributed by atoms with Crippen LogP contribution in [-0.4, -0.2) is 46.1 Å². The molecule has 1 saturated heterocycles. The molecular weight excluding hydrogens is 278 g/mol. The molecule has 22 heavy (non-hydrogen) atoms. The van der Waals surface area contributed by atoms with Crippen LogP contribution >= 0.6 is 0 Å². The molecule has 1 fully saturated rings. The highest BCUT2D eigenvalue weighted by Gasteiger charge is 2.20. The lowest BCUT2D eigenvalue weighted by atomic mass is 10.0. The van der Waals surface area contributed by atoms with Gasteiger partial charge in [-0.05, 0) is 38.4 Å². The van der Waals surface area contributed by atoms with E-state index >= 15 is 0 Å². The Hall–Kier alpha value is -2.27. The average molecular weight is 297 g/mol. The van der Waals surface area contributed by atoms with Gasteiger partial charge in [0, 0.05) is 18.3 Å². The van der Waals surface area contributed by atoms with Crippen molar-refractivity contribution in [1.82, 2.24) is 14.9 Å². The van der Waals surface area contributed by atoms with Crippen LogP contribution in [0.15, 0.2) is 36.7 Å². The monoisotopic (exact) mass is 297 g/mol. The van der Waals surface area contributed by atoms with Crippen LogP contribution in [0.25, 0.3) is 11.3 Å². The van der Waals surface area contributed by atoms with E-state index in [2.05, 4.69) is 21.9 Å². The Kier molecular flexibility index (Phi) is 4.15. The average Bonchev–Trinajstić information content (AvgIpc) is 2.92. The van der Waals surface area contributed by atoms with Crippen molar-refractivity contribution < 1.29 is 9.90 Å². The van der Waals surface area contributed by atoms with Crippen molar-refractivity contribution in [2.45, 2.75) is 12.8 Å². The molecule has 1 aliphatic heterocycles. The number of nitrogens with zero attached hydrogens (tertiary/aromatic N) is 3. The van der Waals surface area contributed by atoms with Crippen molar-refractivity contribution in [3.63, 3.8) is 0 Å². The van der Waals surface area contributed by atoms with E-state index in [0.29, 0.717) is 17.2 Å². The maximum atomic E-state index is 11.3. The van der Waals surface area contributed by atoms with Crippen molar-refractivity contribution in [3.05, 3.63) is 47.9 Å². The summed E-state index contributed by atoms with van der Waals surface area (Å²) in [6.07, 6.45) is 5.48. The summed E-state index contributed by atoms with van der Waals surface area (Å²) in [6, 6.07) is 6.92. The Labute approximate surface area is 129 Å². The highest BCUT2D eigenvalue weighted by Crippen LogP contribution is 2.23. The van der Waals surface area contributed by atoms with Gasteiger partial charge in [0.25, 0.3) is 0 Å². The summed E-state index contributed by atoms with van der Waals surface area (Å²) in [5.74, 6) is -0.343. The molecule has 1 aromatic heterocycles. The highest BCUT2D eigenvalue weighted by molar-refractivity contribution is 5.95. The lowest BCUT2D eigenvalue weighted by Gasteiger charge is -2.11. The first-order valence-electron chi connectivity index (χ1n) is 7.45. The molecule has 3 rings (SSSR count). The number of carboxylic acid groups (broad SMARTS) is 1. The second kappa shape index (κ2) is 6.23. The van der Waals surface area contributed by atoms with E-state index in [4.69, 9.17) is 0 Å². The number of rotatable bonds is 4. The zero-order chi connectivity index (χ0) is 15.5. The Morgan fingerprint density at radius 3 is 2.91 bits per heavy atom. The van der Waals surface area contributed by atoms with Gasteiger partial charge in [-0.2, -0.15) is 0 Å². The molecule has 0 amide bonds. The lowest BCUT2D eigenvalue weighted by Crippen LogP contribution is -2.15. The van der Waals surface area contributed by atoms with Crippen molar-refractivity contribution in [3.8, 4) is 11.3 Å². The second-order valence-corrected chi connectivity index (χ2v) is 5.87. The first-order valence-corrected chi connectivity index (χ1v) is 7.45. The van der Waals surface area contributed by atoms with Crippen LogP contribution in [0.3, 0.4) is 0 Å². The molecule has 0 bridgehead atoms. The van der Waals surface area contributed by atoms with Gasteiger partial charge in [0.15, 0.2) is 0 Å². The Bertz CT molecular complexity index is 687. The maximum absolute atomic E-state index is 11.3. The molecule has 0 unspecified atom stereocenters. The van der Waals surface area contributed by atoms with Gasteiger partial charge in [0.1, 0.15) is 0 Å². The fraction of sp³-hybridized carbons (Fsp3) is 0.353. The minimum atomic E-state index is -0.944. The molecule has 5 nitrogen and oxygen atoms in total. The molecule has 0 saturated carbocycles. The van der Waals surface area contributed by atoms with Gasteiger partial charge in [-0.15, -0.1) is 0 Å². The Morgan fingerprint density at radius 2 is 2.18 bits per heavy atom. The molecule has 0 aliphatic carbocycles. The molecule has 0 spiro atoms. The summed E-state index contributed by atoms with van der Waals surface area (Å²) in [7, 11) is 2.13. The highest BCUT2D eigenvalue weighted by atomic mass is 16.4. The van der Waals surface area contributed by atoms with Crippen LogP contribution in [-0.2, 0) is 6.42 Å². The SMILES string of the molecule is CN1CC[C@H](Cc2cncc(-c3ccccc3C(=O)O)n2)C1. The van der Waals surface area contributed by atoms with E-state index in [1.54, 1.807) is 30.6 Å². The molecule has 114 valence electrons. The van der Waals surface area contributed by atoms with Crippen molar-refractivity contribution in [2.75, 3.05) is 20.1 Å². The van der Waals surface area contributed by atoms with Gasteiger partial charge in [-0.1, -0.05) is 18.2 Å². The molecule has 1 aromatic carbocycles. The van der Waals surface area contributed by atoms with E-state index in [-0.39, 0.29) is 5.56 Å². The number of benzene rings is 1. The predicted molar refractivity (Wildman–Crippen MR) is 83.7 cm³/mol. The van der Waals surface area contributed by atoms with E-state index in [1.165, 1.54) is 6.42 Å². The van der Waals surface area contributed by atoms with Gasteiger partial charge in [-0.3, -0.25) is 4.98 Å². The number of hydrogen-bond acceptors (Lipinski definition) is 4. The van der Waals surface area contributed by atoms with Crippen LogP contribution in [0.1, 0.15) is 22.5 Å². The third-order valence-corrected chi connectivity index (χ3v) is 4.10. The van der Waals surface area contributed by atoms with Crippen molar-refractivity contribution in [1.29, 1.82) is 0 Å². The van der Waals surface area contributed by atoms with Crippen molar-refractivity contribution >= 4 is 5.97 Å². The van der Waals surface area contributed by atoms with E-state index in [1.807, 2.05) is 6.07 Å². The smallest absolute Gasteiger partial charge is 0.336 e. The molecule has 1 atom stereocenters. The molecule has 1 aliphatic rings. The third kappa shape index (κ3) is 3.14. The molecular formula is C17H19N3O2. The molecule has 5 heteroatoms. The molecule has 2 heterocycles. The number of aromatic nitrogens is 2. The predicted octanol–water partition coefficient (Wildman–Crippen LogP) is 2.34. The normalized spacial score (nSPS) is 18.5. The van der Waals surface area contributed by atoms with Crippen LogP contribution < -0.4 is 0 Å². The summed E-state index contributed by atoms with van der Waals surface area (Å²) in [4.78, 5) is 22.5. The summed E-state index contributed by atoms with van der Waals surface area (Å²) >= 11 is 0. The quantitative estimate of drug-likeness (QED) is 0.938. The van der Waals surface area contributed by atoms with Crippen LogP contribution in [0.4, 0.5) is 0 Å². The third-order valence-electron chi connectivity index (χ3n) is 4.10. The van der Waals surface area contributed by atoms with E-state index in [0.717, 1.165) is 25.2 Å². The van der Waals surface area contributed by atoms with Gasteiger partial charge in [0.2, 0.25) is 0 Å². The number of likely N-dealkylation sites (tertiary alicyclic amines) is 1. The zero-order valence-corrected chi connectivity index (χ0v) is 12.6. The molecule has 2 aromatic rings. The summed E-state index contributed by atoms with van der Waals surface area (Å²) in [6.45, 7) is 2.21. The second-order valence-electron chi connectivity index (χ2n) is 5.87. The minimum Gasteiger partial charge on any atom is -0.478 e. The van der Waals surface area contributed by atoms with Gasteiger partial charge in [0.05, 0.1) is 23.1 Å². The minimum absolute atomic E-state index is 0.259. The number of carbonyl (C=O) groups is 1. The molecule has 1 N–H and O–H groups in total. The molecule has 0 radical (unpaired) electrons. The Morgan fingerprint density at radius 1 is 1.36 bits per heavy atom. The summed E-state index contributed by atoms with van der Waals surface area (Å²) in [5, 5.41) is 9.30. The van der Waals surface area contributed by atoms with Crippen LogP contribution in [0.5, 0.6) is 0 Å². The van der Waals surface area contributed by atoms with Crippen molar-refractivity contribution in [2.24, 2.45) is 5.92 Å². The van der Waals surface area contributed by atoms with E-state index in [9.17, 15) is 9.90 Å². The number of aromatic carboxylic acids is 1. The first kappa shape index (κ1) is 14.7. The first-order chi connectivity index (χ1) is 10.6. The van der Waals surface area contributed by atoms with Crippen LogP contribution in [0, 0.1) is 5.92 Å². The topological polar surface area (TPSA) is 66.3 Å². The number of hydrogen-bond donors (Lipinski definition) is 1. The Balaban J connectivity index is 1.87. The maximum Gasteiger partial charge on any atom is 0.336 e. The van der Waals surface area contributed by atoms with Gasteiger partial charge < -0.3 is 10.0 Å².